The Morgan fingerprint density at radius 3 is 0.875 bits per heavy atom. The lowest BCUT2D eigenvalue weighted by Crippen LogP contribution is -2.07. The van der Waals surface area contributed by atoms with Crippen LogP contribution >= 0.6 is 0 Å². The molecule has 0 aromatic heterocycles. The second-order valence-electron chi connectivity index (χ2n) is 5.74. The fourth-order valence-corrected chi connectivity index (χ4v) is 2.72. The molecule has 0 fully saturated rings. The molecule has 0 bridgehead atoms. The first kappa shape index (κ1) is 22.9. The molecule has 0 saturated heterocycles. The van der Waals surface area contributed by atoms with E-state index in [2.05, 4.69) is 6.58 Å². The molecular weight excluding hydrogens is 444 g/mol. The van der Waals surface area contributed by atoms with Gasteiger partial charge in [0.05, 0.1) is 53.8 Å². The van der Waals surface area contributed by atoms with Crippen LogP contribution in [0.4, 0.5) is 34.1 Å². The van der Waals surface area contributed by atoms with Gasteiger partial charge in [0.15, 0.2) is 0 Å². The number of nitro groups is 6. The molecule has 164 valence electrons. The van der Waals surface area contributed by atoms with E-state index in [1.165, 1.54) is 0 Å². The first-order chi connectivity index (χ1) is 14.8. The predicted octanol–water partition coefficient (Wildman–Crippen LogP) is 3.20. The molecule has 18 nitrogen and oxygen atoms in total. The average molecular weight is 450 g/mol. The minimum Gasteiger partial charge on any atom is -0.258 e. The van der Waals surface area contributed by atoms with Gasteiger partial charge in [-0.25, -0.2) is 0 Å². The average Bonchev–Trinajstić information content (AvgIpc) is 2.70. The van der Waals surface area contributed by atoms with Crippen LogP contribution < -0.4 is 0 Å². The van der Waals surface area contributed by atoms with E-state index < -0.39 is 80.4 Å². The summed E-state index contributed by atoms with van der Waals surface area (Å²) in [5.74, 6) is 0. The van der Waals surface area contributed by atoms with E-state index in [0.717, 1.165) is 0 Å². The van der Waals surface area contributed by atoms with Gasteiger partial charge in [-0.2, -0.15) is 0 Å². The van der Waals surface area contributed by atoms with Crippen molar-refractivity contribution in [1.82, 2.24) is 0 Å². The smallest absolute Gasteiger partial charge is 0.258 e. The van der Waals surface area contributed by atoms with E-state index in [-0.39, 0.29) is 0 Å². The van der Waals surface area contributed by atoms with E-state index in [1.807, 2.05) is 0 Å². The van der Waals surface area contributed by atoms with Gasteiger partial charge >= 0.3 is 0 Å². The van der Waals surface area contributed by atoms with Gasteiger partial charge in [-0.3, -0.25) is 60.7 Å². The second-order valence-corrected chi connectivity index (χ2v) is 5.74. The Morgan fingerprint density at radius 1 is 0.500 bits per heavy atom. The van der Waals surface area contributed by atoms with Crippen LogP contribution in [0, 0.1) is 60.7 Å². The van der Waals surface area contributed by atoms with E-state index >= 15 is 0 Å². The van der Waals surface area contributed by atoms with Gasteiger partial charge in [-0.15, -0.1) is 0 Å². The summed E-state index contributed by atoms with van der Waals surface area (Å²) in [6, 6.07) is 1.21. The van der Waals surface area contributed by atoms with Gasteiger partial charge in [0.2, 0.25) is 0 Å². The zero-order chi connectivity index (χ0) is 24.5. The molecule has 0 heterocycles. The molecule has 0 amide bonds. The molecule has 2 aromatic rings. The highest BCUT2D eigenvalue weighted by atomic mass is 16.6. The molecule has 18 heteroatoms. The van der Waals surface area contributed by atoms with Crippen LogP contribution in [-0.4, -0.2) is 29.5 Å². The van der Waals surface area contributed by atoms with Gasteiger partial charge in [0.25, 0.3) is 34.1 Å². The van der Waals surface area contributed by atoms with Crippen molar-refractivity contribution in [2.75, 3.05) is 0 Å². The zero-order valence-electron chi connectivity index (χ0n) is 15.1. The molecule has 0 unspecified atom stereocenters. The number of nitrogens with zero attached hydrogens (tertiary/aromatic N) is 6. The van der Waals surface area contributed by atoms with Crippen molar-refractivity contribution in [1.29, 1.82) is 0 Å². The molecule has 32 heavy (non-hydrogen) atoms. The van der Waals surface area contributed by atoms with Gasteiger partial charge in [0, 0.05) is 5.57 Å². The summed E-state index contributed by atoms with van der Waals surface area (Å²) < 4.78 is 0. The van der Waals surface area contributed by atoms with Gasteiger partial charge in [-0.05, 0) is 0 Å². The lowest BCUT2D eigenvalue weighted by molar-refractivity contribution is -0.403. The summed E-state index contributed by atoms with van der Waals surface area (Å²) in [5.41, 5.74) is -10.5. The van der Waals surface area contributed by atoms with Crippen molar-refractivity contribution in [3.05, 3.63) is 103 Å². The fourth-order valence-electron chi connectivity index (χ4n) is 2.72. The van der Waals surface area contributed by atoms with Crippen LogP contribution in [0.3, 0.4) is 0 Å². The lowest BCUT2D eigenvalue weighted by Gasteiger charge is -2.09. The standard InChI is InChI=1S/C14H6N6O12/c1-6(13-9(17(25)26)2-7(15(21)22)3-10(13)18(27)28)14-11(19(29)30)4-8(16(23)24)5-12(14)20(31)32/h2-5H,1H2. The molecule has 0 N–H and O–H groups in total. The molecule has 0 aliphatic heterocycles. The Kier molecular flexibility index (Phi) is 5.81. The molecule has 0 aliphatic rings. The van der Waals surface area contributed by atoms with E-state index in [1.54, 1.807) is 0 Å². The summed E-state index contributed by atoms with van der Waals surface area (Å²) in [7, 11) is 0. The van der Waals surface area contributed by atoms with Crippen LogP contribution in [0.2, 0.25) is 0 Å². The number of hydrogen-bond donors (Lipinski definition) is 0. The Bertz CT molecular complexity index is 1100. The second kappa shape index (κ2) is 8.14. The highest BCUT2D eigenvalue weighted by molar-refractivity contribution is 5.95. The summed E-state index contributed by atoms with van der Waals surface area (Å²) in [6.45, 7) is 3.26. The van der Waals surface area contributed by atoms with Crippen LogP contribution in [0.15, 0.2) is 30.8 Å². The molecule has 0 radical (unpaired) electrons. The van der Waals surface area contributed by atoms with E-state index in [0.29, 0.717) is 24.3 Å². The summed E-state index contributed by atoms with van der Waals surface area (Å²) in [4.78, 5) is 60.3. The van der Waals surface area contributed by atoms with Crippen molar-refractivity contribution >= 4 is 39.7 Å². The minimum atomic E-state index is -1.29. The maximum atomic E-state index is 11.5. The number of benzene rings is 2. The highest BCUT2D eigenvalue weighted by Gasteiger charge is 2.39. The van der Waals surface area contributed by atoms with Crippen molar-refractivity contribution in [2.24, 2.45) is 0 Å². The quantitative estimate of drug-likeness (QED) is 0.414. The Hall–Kier alpha value is -5.42. The van der Waals surface area contributed by atoms with Gasteiger partial charge in [0.1, 0.15) is 11.1 Å². The normalized spacial score (nSPS) is 10.2. The van der Waals surface area contributed by atoms with Gasteiger partial charge < -0.3 is 0 Å². The third kappa shape index (κ3) is 3.98. The van der Waals surface area contributed by atoms with Crippen LogP contribution in [0.25, 0.3) is 5.57 Å². The molecule has 0 atom stereocenters. The minimum absolute atomic E-state index is 0.302. The third-order valence-corrected chi connectivity index (χ3v) is 3.97. The van der Waals surface area contributed by atoms with Gasteiger partial charge in [-0.1, -0.05) is 6.58 Å². The maximum absolute atomic E-state index is 11.5. The van der Waals surface area contributed by atoms with Crippen molar-refractivity contribution < 1.29 is 29.5 Å². The Morgan fingerprint density at radius 2 is 0.719 bits per heavy atom. The van der Waals surface area contributed by atoms with E-state index in [9.17, 15) is 60.7 Å². The molecule has 0 spiro atoms. The molecule has 0 saturated carbocycles. The number of hydrogen-bond acceptors (Lipinski definition) is 12. The lowest BCUT2D eigenvalue weighted by atomic mass is 9.93. The summed E-state index contributed by atoms with van der Waals surface area (Å²) in [6.07, 6.45) is 0. The van der Waals surface area contributed by atoms with Crippen molar-refractivity contribution in [2.45, 2.75) is 0 Å². The van der Waals surface area contributed by atoms with Crippen LogP contribution in [-0.2, 0) is 0 Å². The zero-order valence-corrected chi connectivity index (χ0v) is 15.1. The highest BCUT2D eigenvalue weighted by Crippen LogP contribution is 2.46. The largest absolute Gasteiger partial charge is 0.291 e. The molecule has 2 rings (SSSR count). The number of non-ortho nitro benzene ring substituents is 2. The van der Waals surface area contributed by atoms with Crippen molar-refractivity contribution in [3.63, 3.8) is 0 Å². The SMILES string of the molecule is C=C(c1c([N+](=O)[O-])cc([N+](=O)[O-])cc1[N+](=O)[O-])c1c([N+](=O)[O-])cc([N+](=O)[O-])cc1[N+](=O)[O-]. The monoisotopic (exact) mass is 450 g/mol. The first-order valence-electron chi connectivity index (χ1n) is 7.70. The third-order valence-electron chi connectivity index (χ3n) is 3.97. The first-order valence-corrected chi connectivity index (χ1v) is 7.70. The van der Waals surface area contributed by atoms with E-state index in [4.69, 9.17) is 0 Å². The number of nitro benzene ring substituents is 6. The van der Waals surface area contributed by atoms with Crippen LogP contribution in [0.1, 0.15) is 11.1 Å². The Balaban J connectivity index is 3.06. The maximum Gasteiger partial charge on any atom is 0.291 e. The molecule has 0 aliphatic carbocycles. The topological polar surface area (TPSA) is 259 Å². The predicted molar refractivity (Wildman–Crippen MR) is 101 cm³/mol. The van der Waals surface area contributed by atoms with Crippen LogP contribution in [0.5, 0.6) is 0 Å². The fraction of sp³-hybridized carbons (Fsp3) is 0. The summed E-state index contributed by atoms with van der Waals surface area (Å²) in [5, 5.41) is 67.8. The summed E-state index contributed by atoms with van der Waals surface area (Å²) >= 11 is 0. The number of rotatable bonds is 8. The molecular formula is C14H6N6O12. The van der Waals surface area contributed by atoms with Crippen molar-refractivity contribution in [3.8, 4) is 0 Å². The Labute approximate surface area is 172 Å². The molecule has 2 aromatic carbocycles.